The van der Waals surface area contributed by atoms with Gasteiger partial charge in [-0.15, -0.1) is 0 Å². The Morgan fingerprint density at radius 1 is 1.18 bits per heavy atom. The number of aryl methyl sites for hydroxylation is 1. The molecule has 0 aromatic heterocycles. The van der Waals surface area contributed by atoms with E-state index >= 15 is 0 Å². The second kappa shape index (κ2) is 9.87. The fourth-order valence-electron chi connectivity index (χ4n) is 7.37. The van der Waals surface area contributed by atoms with Crippen molar-refractivity contribution in [1.82, 2.24) is 0 Å². The third kappa shape index (κ3) is 4.33. The highest BCUT2D eigenvalue weighted by molar-refractivity contribution is 6.03. The number of benzene rings is 1. The minimum atomic E-state index is -0.658. The van der Waals surface area contributed by atoms with Crippen LogP contribution in [-0.4, -0.2) is 23.4 Å². The SMILES string of the molecule is C=CCON=C(c1cc2c(cc1C(C)C)CC[C@H]1[C@](C)(C(=O)O)CCC[C@]21C)C1CCCCC1. The first-order valence-corrected chi connectivity index (χ1v) is 13.4. The molecule has 3 aliphatic rings. The van der Waals surface area contributed by atoms with Gasteiger partial charge in [-0.1, -0.05) is 70.3 Å². The number of nitrogens with zero attached hydrogens (tertiary/aromatic N) is 1. The van der Waals surface area contributed by atoms with Crippen LogP contribution in [0.3, 0.4) is 0 Å². The van der Waals surface area contributed by atoms with E-state index in [0.29, 0.717) is 18.4 Å². The number of aliphatic carboxylic acids is 1. The van der Waals surface area contributed by atoms with Gasteiger partial charge in [0, 0.05) is 11.5 Å². The summed E-state index contributed by atoms with van der Waals surface area (Å²) >= 11 is 0. The maximum absolute atomic E-state index is 12.4. The summed E-state index contributed by atoms with van der Waals surface area (Å²) in [5, 5.41) is 14.9. The van der Waals surface area contributed by atoms with Crippen LogP contribution >= 0.6 is 0 Å². The summed E-state index contributed by atoms with van der Waals surface area (Å²) in [6, 6.07) is 4.84. The van der Waals surface area contributed by atoms with Crippen molar-refractivity contribution in [3.05, 3.63) is 47.0 Å². The quantitative estimate of drug-likeness (QED) is 0.198. The zero-order valence-electron chi connectivity index (χ0n) is 21.7. The highest BCUT2D eigenvalue weighted by atomic mass is 16.6. The van der Waals surface area contributed by atoms with Crippen molar-refractivity contribution in [2.75, 3.05) is 6.61 Å². The Morgan fingerprint density at radius 2 is 1.91 bits per heavy atom. The number of oxime groups is 1. The van der Waals surface area contributed by atoms with Crippen molar-refractivity contribution in [3.8, 4) is 0 Å². The third-order valence-corrected chi connectivity index (χ3v) is 9.26. The van der Waals surface area contributed by atoms with E-state index in [4.69, 9.17) is 9.99 Å². The second-order valence-electron chi connectivity index (χ2n) is 11.7. The van der Waals surface area contributed by atoms with Crippen LogP contribution < -0.4 is 0 Å². The van der Waals surface area contributed by atoms with E-state index in [0.717, 1.165) is 50.7 Å². The van der Waals surface area contributed by atoms with Crippen LogP contribution in [0, 0.1) is 17.3 Å². The molecule has 1 N–H and O–H groups in total. The van der Waals surface area contributed by atoms with E-state index in [1.807, 2.05) is 6.92 Å². The van der Waals surface area contributed by atoms with Crippen LogP contribution in [0.25, 0.3) is 0 Å². The standard InChI is InChI=1S/C30H43NO3/c1-6-17-34-31-27(21-11-8-7-9-12-21)24-19-25-22(18-23(24)20(2)3)13-14-26-29(25,4)15-10-16-30(26,5)28(32)33/h6,18-21,26H,1,7-17H2,2-5H3,(H,32,33)/t26-,29-,30-/m1/s1. The Labute approximate surface area is 205 Å². The summed E-state index contributed by atoms with van der Waals surface area (Å²) < 4.78 is 0. The first-order valence-electron chi connectivity index (χ1n) is 13.4. The van der Waals surface area contributed by atoms with Crippen molar-refractivity contribution in [2.24, 2.45) is 22.4 Å². The number of fused-ring (bicyclic) bond motifs is 3. The first-order chi connectivity index (χ1) is 16.2. The molecule has 34 heavy (non-hydrogen) atoms. The molecule has 3 aliphatic carbocycles. The van der Waals surface area contributed by atoms with Gasteiger partial charge in [0.2, 0.25) is 0 Å². The van der Waals surface area contributed by atoms with E-state index in [1.165, 1.54) is 41.5 Å². The van der Waals surface area contributed by atoms with Crippen LogP contribution in [0.1, 0.15) is 114 Å². The molecule has 4 rings (SSSR count). The van der Waals surface area contributed by atoms with Gasteiger partial charge in [0.25, 0.3) is 0 Å². The van der Waals surface area contributed by atoms with Gasteiger partial charge in [0.15, 0.2) is 0 Å². The minimum absolute atomic E-state index is 0.122. The molecule has 4 nitrogen and oxygen atoms in total. The predicted octanol–water partition coefficient (Wildman–Crippen LogP) is 7.39. The number of carboxylic acid groups (broad SMARTS) is 1. The molecule has 3 atom stereocenters. The van der Waals surface area contributed by atoms with Crippen LogP contribution in [0.4, 0.5) is 0 Å². The van der Waals surface area contributed by atoms with Crippen LogP contribution in [-0.2, 0) is 21.5 Å². The average molecular weight is 466 g/mol. The minimum Gasteiger partial charge on any atom is -0.481 e. The van der Waals surface area contributed by atoms with E-state index in [9.17, 15) is 9.90 Å². The third-order valence-electron chi connectivity index (χ3n) is 9.26. The molecule has 4 heteroatoms. The van der Waals surface area contributed by atoms with Crippen molar-refractivity contribution < 1.29 is 14.7 Å². The van der Waals surface area contributed by atoms with Crippen molar-refractivity contribution in [1.29, 1.82) is 0 Å². The molecule has 0 radical (unpaired) electrons. The van der Waals surface area contributed by atoms with Gasteiger partial charge in [-0.3, -0.25) is 4.79 Å². The van der Waals surface area contributed by atoms with Gasteiger partial charge in [-0.2, -0.15) is 0 Å². The largest absolute Gasteiger partial charge is 0.481 e. The van der Waals surface area contributed by atoms with Gasteiger partial charge in [0.05, 0.1) is 11.1 Å². The smallest absolute Gasteiger partial charge is 0.309 e. The molecule has 1 aromatic rings. The molecule has 186 valence electrons. The van der Waals surface area contributed by atoms with E-state index in [-0.39, 0.29) is 11.3 Å². The van der Waals surface area contributed by atoms with E-state index in [2.05, 4.69) is 39.5 Å². The maximum atomic E-state index is 12.4. The second-order valence-corrected chi connectivity index (χ2v) is 11.7. The fraction of sp³-hybridized carbons (Fsp3) is 0.667. The van der Waals surface area contributed by atoms with Gasteiger partial charge < -0.3 is 9.94 Å². The van der Waals surface area contributed by atoms with Crippen LogP contribution in [0.15, 0.2) is 29.9 Å². The first kappa shape index (κ1) is 25.0. The zero-order chi connectivity index (χ0) is 24.5. The monoisotopic (exact) mass is 465 g/mol. The van der Waals surface area contributed by atoms with Gasteiger partial charge >= 0.3 is 5.97 Å². The Morgan fingerprint density at radius 3 is 2.56 bits per heavy atom. The summed E-state index contributed by atoms with van der Waals surface area (Å²) in [6.07, 6.45) is 12.5. The topological polar surface area (TPSA) is 58.9 Å². The molecule has 0 amide bonds. The normalized spacial score (nSPS) is 29.9. The molecule has 0 heterocycles. The molecule has 0 saturated heterocycles. The van der Waals surface area contributed by atoms with Crippen molar-refractivity contribution in [2.45, 2.75) is 103 Å². The van der Waals surface area contributed by atoms with Crippen LogP contribution in [0.5, 0.6) is 0 Å². The summed E-state index contributed by atoms with van der Waals surface area (Å²) in [7, 11) is 0. The molecule has 0 spiro atoms. The predicted molar refractivity (Wildman–Crippen MR) is 139 cm³/mol. The Hall–Kier alpha value is -2.10. The fourth-order valence-corrected chi connectivity index (χ4v) is 7.37. The molecule has 0 unspecified atom stereocenters. The molecule has 1 aromatic carbocycles. The van der Waals surface area contributed by atoms with Gasteiger partial charge in [0.1, 0.15) is 6.61 Å². The summed E-state index contributed by atoms with van der Waals surface area (Å²) in [5.74, 6) is 0.323. The maximum Gasteiger partial charge on any atom is 0.309 e. The summed E-state index contributed by atoms with van der Waals surface area (Å²) in [6.45, 7) is 13.1. The highest BCUT2D eigenvalue weighted by Crippen LogP contribution is 2.57. The Bertz CT molecular complexity index is 958. The highest BCUT2D eigenvalue weighted by Gasteiger charge is 2.55. The molecule has 0 aliphatic heterocycles. The lowest BCUT2D eigenvalue weighted by molar-refractivity contribution is -0.157. The molecule has 2 saturated carbocycles. The lowest BCUT2D eigenvalue weighted by atomic mass is 9.49. The van der Waals surface area contributed by atoms with Gasteiger partial charge in [-0.05, 0) is 85.5 Å². The summed E-state index contributed by atoms with van der Waals surface area (Å²) in [4.78, 5) is 18.1. The number of hydrogen-bond donors (Lipinski definition) is 1. The van der Waals surface area contributed by atoms with Crippen molar-refractivity contribution in [3.63, 3.8) is 0 Å². The Balaban J connectivity index is 1.86. The number of hydrogen-bond acceptors (Lipinski definition) is 3. The zero-order valence-corrected chi connectivity index (χ0v) is 21.7. The Kier molecular flexibility index (Phi) is 7.26. The lowest BCUT2D eigenvalue weighted by Crippen LogP contribution is -2.52. The molecule has 2 fully saturated rings. The van der Waals surface area contributed by atoms with E-state index < -0.39 is 11.4 Å². The number of carbonyl (C=O) groups is 1. The lowest BCUT2D eigenvalue weighted by Gasteiger charge is -2.54. The molecular formula is C30H43NO3. The molecular weight excluding hydrogens is 422 g/mol. The van der Waals surface area contributed by atoms with Crippen molar-refractivity contribution >= 4 is 11.7 Å². The van der Waals surface area contributed by atoms with Crippen LogP contribution in [0.2, 0.25) is 0 Å². The van der Waals surface area contributed by atoms with E-state index in [1.54, 1.807) is 6.08 Å². The number of rotatable bonds is 7. The van der Waals surface area contributed by atoms with Gasteiger partial charge in [-0.25, -0.2) is 0 Å². The number of carboxylic acids is 1. The average Bonchev–Trinajstić information content (AvgIpc) is 2.81. The molecule has 0 bridgehead atoms. The summed E-state index contributed by atoms with van der Waals surface area (Å²) in [5.41, 5.74) is 5.67.